The zero-order valence-corrected chi connectivity index (χ0v) is 18.0. The van der Waals surface area contributed by atoms with E-state index in [1.165, 1.54) is 31.3 Å². The first-order valence-electron chi connectivity index (χ1n) is 8.73. The fourth-order valence-electron chi connectivity index (χ4n) is 2.74. The molecule has 1 fully saturated rings. The van der Waals surface area contributed by atoms with Crippen LogP contribution in [-0.2, 0) is 19.1 Å². The van der Waals surface area contributed by atoms with Crippen LogP contribution in [0.3, 0.4) is 0 Å². The number of imide groups is 1. The molecule has 1 saturated heterocycles. The van der Waals surface area contributed by atoms with Crippen LogP contribution < -0.4 is 5.32 Å². The molecular formula is C20H16Cl2N2O5S. The summed E-state index contributed by atoms with van der Waals surface area (Å²) in [6, 6.07) is 11.1. The van der Waals surface area contributed by atoms with Gasteiger partial charge in [-0.25, -0.2) is 4.79 Å². The molecule has 1 aliphatic rings. The first kappa shape index (κ1) is 22.1. The maximum Gasteiger partial charge on any atom is 0.339 e. The Morgan fingerprint density at radius 3 is 2.47 bits per heavy atom. The van der Waals surface area contributed by atoms with Gasteiger partial charge in [0.15, 0.2) is 6.61 Å². The summed E-state index contributed by atoms with van der Waals surface area (Å²) in [5.74, 6) is -1.87. The van der Waals surface area contributed by atoms with E-state index < -0.39 is 23.7 Å². The fourth-order valence-corrected chi connectivity index (χ4v) is 4.49. The lowest BCUT2D eigenvalue weighted by atomic mass is 10.2. The molecule has 30 heavy (non-hydrogen) atoms. The fraction of sp³-hybridized carbons (Fsp3) is 0.200. The normalized spacial score (nSPS) is 16.0. The van der Waals surface area contributed by atoms with Gasteiger partial charge in [-0.1, -0.05) is 35.3 Å². The maximum atomic E-state index is 12.5. The third-order valence-electron chi connectivity index (χ3n) is 4.20. The molecule has 0 saturated carbocycles. The van der Waals surface area contributed by atoms with E-state index >= 15 is 0 Å². The van der Waals surface area contributed by atoms with Crippen LogP contribution in [0.4, 0.5) is 5.69 Å². The van der Waals surface area contributed by atoms with Gasteiger partial charge in [0.25, 0.3) is 5.91 Å². The number of amides is 3. The zero-order chi connectivity index (χ0) is 21.8. The number of ether oxygens (including phenoxy) is 1. The monoisotopic (exact) mass is 466 g/mol. The number of hydrogen-bond donors (Lipinski definition) is 1. The van der Waals surface area contributed by atoms with Gasteiger partial charge < -0.3 is 10.1 Å². The highest BCUT2D eigenvalue weighted by Crippen LogP contribution is 2.33. The highest BCUT2D eigenvalue weighted by atomic mass is 35.5. The van der Waals surface area contributed by atoms with E-state index in [1.807, 2.05) is 0 Å². The minimum absolute atomic E-state index is 0.0635. The third-order valence-corrected chi connectivity index (χ3v) is 5.90. The van der Waals surface area contributed by atoms with Gasteiger partial charge in [0.1, 0.15) is 0 Å². The molecule has 1 unspecified atom stereocenters. The van der Waals surface area contributed by atoms with E-state index in [0.29, 0.717) is 20.6 Å². The van der Waals surface area contributed by atoms with Crippen LogP contribution in [0, 0.1) is 0 Å². The van der Waals surface area contributed by atoms with Crippen molar-refractivity contribution in [2.24, 2.45) is 0 Å². The molecule has 0 aliphatic carbocycles. The number of rotatable bonds is 6. The van der Waals surface area contributed by atoms with Crippen molar-refractivity contribution in [1.29, 1.82) is 0 Å². The largest absolute Gasteiger partial charge is 0.452 e. The van der Waals surface area contributed by atoms with Crippen LogP contribution in [0.15, 0.2) is 47.4 Å². The molecule has 3 rings (SSSR count). The topological polar surface area (TPSA) is 92.8 Å². The Labute approximate surface area is 186 Å². The Morgan fingerprint density at radius 1 is 1.17 bits per heavy atom. The Kier molecular flexibility index (Phi) is 7.02. The minimum Gasteiger partial charge on any atom is -0.452 e. The first-order valence-corrected chi connectivity index (χ1v) is 10.4. The molecule has 1 atom stereocenters. The number of nitrogens with zero attached hydrogens (tertiary/aromatic N) is 1. The predicted octanol–water partition coefficient (Wildman–Crippen LogP) is 3.64. The van der Waals surface area contributed by atoms with Gasteiger partial charge >= 0.3 is 5.97 Å². The molecule has 2 aromatic rings. The Morgan fingerprint density at radius 2 is 1.83 bits per heavy atom. The number of halogens is 2. The molecule has 1 heterocycles. The van der Waals surface area contributed by atoms with Crippen LogP contribution in [0.2, 0.25) is 10.0 Å². The standard InChI is InChI=1S/C20H16Cl2N2O5S/c1-24-18(26)9-16(19(24)27)30-15-5-3-2-4-14(15)20(28)29-10-17(25)23-13-7-11(21)6-12(22)8-13/h2-8,16H,9-10H2,1H3,(H,23,25). The Hall–Kier alpha value is -2.55. The molecule has 0 radical (unpaired) electrons. The molecule has 0 bridgehead atoms. The summed E-state index contributed by atoms with van der Waals surface area (Å²) in [4.78, 5) is 50.0. The molecule has 1 aliphatic heterocycles. The second kappa shape index (κ2) is 9.51. The lowest BCUT2D eigenvalue weighted by Crippen LogP contribution is -2.26. The number of hydrogen-bond acceptors (Lipinski definition) is 6. The molecule has 2 aromatic carbocycles. The van der Waals surface area contributed by atoms with E-state index in [0.717, 1.165) is 16.7 Å². The van der Waals surface area contributed by atoms with Gasteiger partial charge in [-0.05, 0) is 30.3 Å². The number of carbonyl (C=O) groups excluding carboxylic acids is 4. The van der Waals surface area contributed by atoms with Gasteiger partial charge in [-0.3, -0.25) is 19.3 Å². The van der Waals surface area contributed by atoms with Crippen molar-refractivity contribution < 1.29 is 23.9 Å². The number of esters is 1. The molecule has 1 N–H and O–H groups in total. The lowest BCUT2D eigenvalue weighted by molar-refractivity contribution is -0.136. The Bertz CT molecular complexity index is 1010. The smallest absolute Gasteiger partial charge is 0.339 e. The highest BCUT2D eigenvalue weighted by molar-refractivity contribution is 8.00. The second-order valence-electron chi connectivity index (χ2n) is 6.38. The van der Waals surface area contributed by atoms with E-state index in [-0.39, 0.29) is 23.8 Å². The van der Waals surface area contributed by atoms with Crippen LogP contribution in [0.25, 0.3) is 0 Å². The van der Waals surface area contributed by atoms with Crippen molar-refractivity contribution in [3.05, 3.63) is 58.1 Å². The van der Waals surface area contributed by atoms with Crippen LogP contribution >= 0.6 is 35.0 Å². The summed E-state index contributed by atoms with van der Waals surface area (Å²) in [5.41, 5.74) is 0.578. The van der Waals surface area contributed by atoms with Crippen molar-refractivity contribution in [3.8, 4) is 0 Å². The van der Waals surface area contributed by atoms with Crippen LogP contribution in [-0.4, -0.2) is 47.5 Å². The molecule has 156 valence electrons. The second-order valence-corrected chi connectivity index (χ2v) is 8.50. The van der Waals surface area contributed by atoms with Crippen molar-refractivity contribution in [3.63, 3.8) is 0 Å². The first-order chi connectivity index (χ1) is 14.2. The highest BCUT2D eigenvalue weighted by Gasteiger charge is 2.37. The zero-order valence-electron chi connectivity index (χ0n) is 15.7. The van der Waals surface area contributed by atoms with Crippen LogP contribution in [0.5, 0.6) is 0 Å². The number of thioether (sulfide) groups is 1. The third kappa shape index (κ3) is 5.33. The summed E-state index contributed by atoms with van der Waals surface area (Å²) < 4.78 is 5.10. The SMILES string of the molecule is CN1C(=O)CC(Sc2ccccc2C(=O)OCC(=O)Nc2cc(Cl)cc(Cl)c2)C1=O. The van der Waals surface area contributed by atoms with E-state index in [2.05, 4.69) is 5.32 Å². The van der Waals surface area contributed by atoms with Gasteiger partial charge in [-0.15, -0.1) is 11.8 Å². The van der Waals surface area contributed by atoms with Crippen LogP contribution in [0.1, 0.15) is 16.8 Å². The van der Waals surface area contributed by atoms with Gasteiger partial charge in [0.05, 0.1) is 10.8 Å². The quantitative estimate of drug-likeness (QED) is 0.515. The number of nitrogens with one attached hydrogen (secondary N) is 1. The van der Waals surface area contributed by atoms with Crippen molar-refractivity contribution >= 4 is 64.3 Å². The maximum absolute atomic E-state index is 12.5. The molecule has 10 heteroatoms. The minimum atomic E-state index is -0.720. The van der Waals surface area contributed by atoms with Gasteiger partial charge in [-0.2, -0.15) is 0 Å². The van der Waals surface area contributed by atoms with Gasteiger partial charge in [0, 0.05) is 34.1 Å². The lowest BCUT2D eigenvalue weighted by Gasteiger charge is -2.12. The van der Waals surface area contributed by atoms with Crippen molar-refractivity contribution in [2.75, 3.05) is 19.0 Å². The molecule has 3 amide bonds. The van der Waals surface area contributed by atoms with Gasteiger partial charge in [0.2, 0.25) is 11.8 Å². The summed E-state index contributed by atoms with van der Waals surface area (Å²) >= 11 is 12.9. The predicted molar refractivity (Wildman–Crippen MR) is 114 cm³/mol. The number of likely N-dealkylation sites (tertiary alicyclic amines) is 1. The number of benzene rings is 2. The number of anilines is 1. The van der Waals surface area contributed by atoms with Crippen molar-refractivity contribution in [2.45, 2.75) is 16.6 Å². The average Bonchev–Trinajstić information content (AvgIpc) is 2.92. The van der Waals surface area contributed by atoms with E-state index in [4.69, 9.17) is 27.9 Å². The summed E-state index contributed by atoms with van der Waals surface area (Å²) in [7, 11) is 1.43. The number of carbonyl (C=O) groups is 4. The Balaban J connectivity index is 1.62. The molecule has 7 nitrogen and oxygen atoms in total. The summed E-state index contributed by atoms with van der Waals surface area (Å²) in [6.07, 6.45) is 0.0635. The van der Waals surface area contributed by atoms with E-state index in [1.54, 1.807) is 18.2 Å². The van der Waals surface area contributed by atoms with Crippen molar-refractivity contribution in [1.82, 2.24) is 4.90 Å². The summed E-state index contributed by atoms with van der Waals surface area (Å²) in [5, 5.41) is 2.64. The molecule has 0 spiro atoms. The molecule has 0 aromatic heterocycles. The van der Waals surface area contributed by atoms with E-state index in [9.17, 15) is 19.2 Å². The summed E-state index contributed by atoms with van der Waals surface area (Å²) in [6.45, 7) is -0.522. The average molecular weight is 467 g/mol. The molecular weight excluding hydrogens is 451 g/mol.